The molecule has 0 fully saturated rings. The van der Waals surface area contributed by atoms with Gasteiger partial charge in [0.2, 0.25) is 0 Å². The van der Waals surface area contributed by atoms with Crippen LogP contribution in [0.4, 0.5) is 51.2 Å². The third kappa shape index (κ3) is 18.7. The quantitative estimate of drug-likeness (QED) is 0.0848. The maximum atomic E-state index is 2.40. The van der Waals surface area contributed by atoms with E-state index in [0.29, 0.717) is 0 Å². The van der Waals surface area contributed by atoms with E-state index < -0.39 is 0 Å². The summed E-state index contributed by atoms with van der Waals surface area (Å²) in [5.74, 6) is 0. The van der Waals surface area contributed by atoms with Crippen LogP contribution < -0.4 is 14.7 Å². The van der Waals surface area contributed by atoms with Gasteiger partial charge in [-0.1, -0.05) is 453 Å². The van der Waals surface area contributed by atoms with Crippen LogP contribution in [0.1, 0.15) is 22.3 Å². The lowest BCUT2D eigenvalue weighted by molar-refractivity contribution is 1.28. The van der Waals surface area contributed by atoms with Gasteiger partial charge in [-0.05, 0) is 252 Å². The molecule has 0 unspecified atom stereocenters. The smallest absolute Gasteiger partial charge is 0.0467 e. The molecule has 0 N–H and O–H groups in total. The van der Waals surface area contributed by atoms with Crippen molar-refractivity contribution in [3.05, 3.63) is 540 Å². The first-order valence-corrected chi connectivity index (χ1v) is 43.5. The summed E-state index contributed by atoms with van der Waals surface area (Å²) in [5, 5.41) is 10.0. The van der Waals surface area contributed by atoms with Gasteiger partial charge in [-0.3, -0.25) is 0 Å². The number of anilines is 9. The number of hydrogen-bond donors (Lipinski definition) is 0. The van der Waals surface area contributed by atoms with Crippen LogP contribution in [0.5, 0.6) is 0 Å². The van der Waals surface area contributed by atoms with Crippen LogP contribution in [0.2, 0.25) is 0 Å². The molecule has 0 atom stereocenters. The summed E-state index contributed by atoms with van der Waals surface area (Å²) in [4.78, 5) is 7.11. The van der Waals surface area contributed by atoms with E-state index in [9.17, 15) is 0 Å². The summed E-state index contributed by atoms with van der Waals surface area (Å²) in [7, 11) is 0. The molecule has 0 spiro atoms. The third-order valence-electron chi connectivity index (χ3n) is 23.9. The number of fused-ring (bicyclic) bond motifs is 4. The highest BCUT2D eigenvalue weighted by molar-refractivity contribution is 6.02. The van der Waals surface area contributed by atoms with Crippen LogP contribution in [0.25, 0.3) is 143 Å². The van der Waals surface area contributed by atoms with Gasteiger partial charge < -0.3 is 14.7 Å². The minimum atomic E-state index is 0. The second-order valence-electron chi connectivity index (χ2n) is 31.9. The van der Waals surface area contributed by atoms with Crippen molar-refractivity contribution in [1.29, 1.82) is 0 Å². The maximum Gasteiger partial charge on any atom is 0.0467 e. The summed E-state index contributed by atoms with van der Waals surface area (Å²) in [5.41, 5.74) is 31.8. The Hall–Kier alpha value is -16.7. The highest BCUT2D eigenvalue weighted by Gasteiger charge is 2.22. The van der Waals surface area contributed by atoms with Crippen molar-refractivity contribution in [2.24, 2.45) is 0 Å². The highest BCUT2D eigenvalue weighted by atomic mass is 15.2. The molecule has 0 aliphatic carbocycles. The number of rotatable bonds is 18. The molecule has 0 aliphatic heterocycles. The Kier molecular flexibility index (Phi) is 26.3. The molecule has 130 heavy (non-hydrogen) atoms. The zero-order valence-electron chi connectivity index (χ0n) is 70.2. The van der Waals surface area contributed by atoms with Gasteiger partial charge >= 0.3 is 0 Å². The van der Waals surface area contributed by atoms with Gasteiger partial charge in [0, 0.05) is 51.2 Å². The van der Waals surface area contributed by atoms with Crippen LogP contribution >= 0.6 is 0 Å². The normalized spacial score (nSPS) is 10.7. The van der Waals surface area contributed by atoms with Crippen LogP contribution in [-0.2, 0) is 0 Å². The molecule has 3 heteroatoms. The SMILES string of the molecule is C.C.C.c1cc(-c2cccc3ccccc23)cc(N(c2cccc(-c3cccc4ccccc34)c2)c2cccc(-c3cccc4ccccc34)c2)c1.c1ccc(-c2cccc(N(c3ccc(-c4cccc5ccccc45)cc3)c3cccc(-c4ccccc4)c3)c2)cc1.c1ccc(-c2cccc(N(c3cccc(-c4ccccc4)c3)c3cccc(-c4ccccc4)c3)c2)cc1. The summed E-state index contributed by atoms with van der Waals surface area (Å²) in [6.45, 7) is 0. The Morgan fingerprint density at radius 1 is 0.100 bits per heavy atom. The second-order valence-corrected chi connectivity index (χ2v) is 31.9. The molecular weight excluding hydrogens is 1570 g/mol. The van der Waals surface area contributed by atoms with E-state index in [0.717, 1.165) is 51.2 Å². The summed E-state index contributed by atoms with van der Waals surface area (Å²) in [6.07, 6.45) is 0. The average molecular weight is 1670 g/mol. The van der Waals surface area contributed by atoms with E-state index in [1.165, 1.54) is 143 Å². The first-order chi connectivity index (χ1) is 63.0. The van der Waals surface area contributed by atoms with Gasteiger partial charge in [-0.25, -0.2) is 0 Å². The van der Waals surface area contributed by atoms with Gasteiger partial charge in [0.15, 0.2) is 0 Å². The fourth-order valence-corrected chi connectivity index (χ4v) is 17.8. The van der Waals surface area contributed by atoms with Crippen molar-refractivity contribution in [3.63, 3.8) is 0 Å². The number of benzene rings is 22. The zero-order valence-corrected chi connectivity index (χ0v) is 70.2. The molecule has 0 aliphatic rings. The van der Waals surface area contributed by atoms with Crippen molar-refractivity contribution in [3.8, 4) is 100 Å². The van der Waals surface area contributed by atoms with Crippen molar-refractivity contribution >= 4 is 94.3 Å². The molecular formula is C127H101N3. The third-order valence-corrected chi connectivity index (χ3v) is 23.9. The van der Waals surface area contributed by atoms with Gasteiger partial charge in [-0.15, -0.1) is 0 Å². The molecule has 624 valence electrons. The molecule has 3 nitrogen and oxygen atoms in total. The first-order valence-electron chi connectivity index (χ1n) is 43.5. The van der Waals surface area contributed by atoms with E-state index in [2.05, 4.69) is 555 Å². The van der Waals surface area contributed by atoms with Crippen molar-refractivity contribution in [1.82, 2.24) is 0 Å². The van der Waals surface area contributed by atoms with Gasteiger partial charge in [0.05, 0.1) is 0 Å². The van der Waals surface area contributed by atoms with E-state index in [-0.39, 0.29) is 22.3 Å². The Labute approximate surface area is 766 Å². The first kappa shape index (κ1) is 85.4. The Morgan fingerprint density at radius 3 is 0.492 bits per heavy atom. The lowest BCUT2D eigenvalue weighted by Gasteiger charge is -2.27. The molecule has 0 radical (unpaired) electrons. The lowest BCUT2D eigenvalue weighted by atomic mass is 9.96. The van der Waals surface area contributed by atoms with E-state index >= 15 is 0 Å². The summed E-state index contributed by atoms with van der Waals surface area (Å²) < 4.78 is 0. The molecule has 22 aromatic rings. The molecule has 0 bridgehead atoms. The van der Waals surface area contributed by atoms with Crippen LogP contribution in [0.3, 0.4) is 0 Å². The maximum absolute atomic E-state index is 2.40. The van der Waals surface area contributed by atoms with E-state index in [1.54, 1.807) is 0 Å². The predicted molar refractivity (Wildman–Crippen MR) is 563 cm³/mol. The van der Waals surface area contributed by atoms with E-state index in [4.69, 9.17) is 0 Å². The fraction of sp³-hybridized carbons (Fsp3) is 0.0236. The largest absolute Gasteiger partial charge is 0.310 e. The van der Waals surface area contributed by atoms with Gasteiger partial charge in [0.25, 0.3) is 0 Å². The minimum absolute atomic E-state index is 0. The number of nitrogens with zero attached hydrogens (tertiary/aromatic N) is 3. The highest BCUT2D eigenvalue weighted by Crippen LogP contribution is 2.46. The van der Waals surface area contributed by atoms with Crippen LogP contribution in [0.15, 0.2) is 540 Å². The molecule has 0 saturated carbocycles. The Balaban J connectivity index is 0.000000137. The van der Waals surface area contributed by atoms with Crippen molar-refractivity contribution in [2.75, 3.05) is 14.7 Å². The van der Waals surface area contributed by atoms with Crippen LogP contribution in [-0.4, -0.2) is 0 Å². The lowest BCUT2D eigenvalue weighted by Crippen LogP contribution is -2.10. The van der Waals surface area contributed by atoms with Crippen molar-refractivity contribution < 1.29 is 0 Å². The second kappa shape index (κ2) is 40.1. The monoisotopic (exact) mass is 1670 g/mol. The standard InChI is InChI=1S/C48H33N.C40H29N.C36H27N.3CH4/c1-4-25-43-34(13-1)16-10-28-46(43)37-19-7-22-40(31-37)49(41-23-8-20-38(32-41)47-29-11-17-35-14-2-5-26-44(35)47)42-24-9-21-39(33-42)48-30-12-18-36-15-3-6-27-45(36)48;1-3-12-30(13-4-1)34-18-9-20-37(28-34)41(38-21-10-19-35(29-38)31-14-5-2-6-15-31)36-26-24-33(25-27-36)40-23-11-17-32-16-7-8-22-39(32)40;1-4-13-28(14-5-1)31-19-10-22-34(25-31)37(35-23-11-20-32(26-35)29-15-6-2-7-16-29)36-24-12-21-33(27-36)30-17-8-3-9-18-30;;;/h1-33H;1-29H;1-27H;3*1H4. The Bertz CT molecular complexity index is 6980. The molecule has 0 aromatic heterocycles. The average Bonchev–Trinajstić information content (AvgIpc) is 0.774. The molecule has 22 aromatic carbocycles. The van der Waals surface area contributed by atoms with Gasteiger partial charge in [-0.2, -0.15) is 0 Å². The topological polar surface area (TPSA) is 9.72 Å². The molecule has 0 amide bonds. The molecule has 0 saturated heterocycles. The summed E-state index contributed by atoms with van der Waals surface area (Å²) >= 11 is 0. The fourth-order valence-electron chi connectivity index (χ4n) is 17.8. The molecule has 22 rings (SSSR count). The Morgan fingerprint density at radius 2 is 0.262 bits per heavy atom. The predicted octanol–water partition coefficient (Wildman–Crippen LogP) is 37.0. The van der Waals surface area contributed by atoms with E-state index in [1.807, 2.05) is 0 Å². The summed E-state index contributed by atoms with van der Waals surface area (Å²) in [6, 6.07) is 193. The van der Waals surface area contributed by atoms with Crippen LogP contribution in [0, 0.1) is 0 Å². The molecule has 0 heterocycles. The minimum Gasteiger partial charge on any atom is -0.310 e. The number of hydrogen-bond acceptors (Lipinski definition) is 3. The van der Waals surface area contributed by atoms with Crippen molar-refractivity contribution in [2.45, 2.75) is 22.3 Å². The zero-order chi connectivity index (χ0) is 84.9. The van der Waals surface area contributed by atoms with Gasteiger partial charge in [0.1, 0.15) is 0 Å².